The second kappa shape index (κ2) is 3.10. The summed E-state index contributed by atoms with van der Waals surface area (Å²) in [5, 5.41) is 16.5. The van der Waals surface area contributed by atoms with Crippen LogP contribution in [-0.2, 0) is 11.2 Å². The lowest BCUT2D eigenvalue weighted by Crippen LogP contribution is -2.06. The van der Waals surface area contributed by atoms with Crippen molar-refractivity contribution in [3.05, 3.63) is 29.7 Å². The number of nitrogens with zero attached hydrogens (tertiary/aromatic N) is 3. The highest BCUT2D eigenvalue weighted by molar-refractivity contribution is 5.70. The predicted octanol–water partition coefficient (Wildman–Crippen LogP) is 0.665. The molecule has 0 aliphatic heterocycles. The van der Waals surface area contributed by atoms with Gasteiger partial charge in [-0.25, -0.2) is 0 Å². The van der Waals surface area contributed by atoms with Gasteiger partial charge >= 0.3 is 5.97 Å². The second-order valence-corrected chi connectivity index (χ2v) is 3.03. The van der Waals surface area contributed by atoms with Crippen LogP contribution in [0.2, 0.25) is 0 Å². The summed E-state index contributed by atoms with van der Waals surface area (Å²) < 4.78 is 1.74. The van der Waals surface area contributed by atoms with E-state index in [1.54, 1.807) is 29.5 Å². The van der Waals surface area contributed by atoms with Gasteiger partial charge in [-0.2, -0.15) is 0 Å². The average molecular weight is 191 g/mol. The molecule has 14 heavy (non-hydrogen) atoms. The molecule has 0 radical (unpaired) electrons. The molecule has 0 saturated heterocycles. The Kier molecular flexibility index (Phi) is 1.92. The van der Waals surface area contributed by atoms with E-state index in [9.17, 15) is 4.79 Å². The van der Waals surface area contributed by atoms with Gasteiger partial charge in [-0.15, -0.1) is 10.2 Å². The van der Waals surface area contributed by atoms with Crippen LogP contribution in [0.4, 0.5) is 0 Å². The van der Waals surface area contributed by atoms with E-state index in [2.05, 4.69) is 10.2 Å². The van der Waals surface area contributed by atoms with Crippen LogP contribution in [0, 0.1) is 6.92 Å². The molecule has 1 N–H and O–H groups in total. The Balaban J connectivity index is 2.63. The molecule has 72 valence electrons. The molecule has 0 spiro atoms. The minimum atomic E-state index is -0.856. The standard InChI is InChI=1S/C9H9N3O2/c1-6-10-11-8-4-2-3-7(12(6)8)5-9(13)14/h2-4H,5H2,1H3,(H,13,14). The van der Waals surface area contributed by atoms with Crippen molar-refractivity contribution in [3.63, 3.8) is 0 Å². The molecule has 0 bridgehead atoms. The van der Waals surface area contributed by atoms with E-state index in [1.165, 1.54) is 0 Å². The van der Waals surface area contributed by atoms with E-state index in [0.29, 0.717) is 17.2 Å². The second-order valence-electron chi connectivity index (χ2n) is 3.03. The Labute approximate surface area is 80.0 Å². The van der Waals surface area contributed by atoms with Crippen LogP contribution in [0.25, 0.3) is 5.65 Å². The number of carbonyl (C=O) groups is 1. The number of fused-ring (bicyclic) bond motifs is 1. The van der Waals surface area contributed by atoms with Crippen LogP contribution in [-0.4, -0.2) is 25.7 Å². The third-order valence-electron chi connectivity index (χ3n) is 2.00. The molecule has 0 unspecified atom stereocenters. The van der Waals surface area contributed by atoms with Gasteiger partial charge in [-0.3, -0.25) is 9.20 Å². The van der Waals surface area contributed by atoms with Crippen molar-refractivity contribution in [2.75, 3.05) is 0 Å². The van der Waals surface area contributed by atoms with Gasteiger partial charge in [0.25, 0.3) is 0 Å². The Morgan fingerprint density at radius 3 is 3.00 bits per heavy atom. The average Bonchev–Trinajstić information content (AvgIpc) is 2.48. The highest BCUT2D eigenvalue weighted by Crippen LogP contribution is 2.08. The summed E-state index contributed by atoms with van der Waals surface area (Å²) in [6, 6.07) is 5.34. The number of aromatic nitrogens is 3. The highest BCUT2D eigenvalue weighted by atomic mass is 16.4. The van der Waals surface area contributed by atoms with Gasteiger partial charge in [0.05, 0.1) is 6.42 Å². The lowest BCUT2D eigenvalue weighted by atomic mass is 10.2. The molecule has 0 aromatic carbocycles. The van der Waals surface area contributed by atoms with Crippen LogP contribution in [0.5, 0.6) is 0 Å². The molecular weight excluding hydrogens is 182 g/mol. The van der Waals surface area contributed by atoms with Gasteiger partial charge in [0.15, 0.2) is 5.65 Å². The monoisotopic (exact) mass is 191 g/mol. The molecule has 5 nitrogen and oxygen atoms in total. The third kappa shape index (κ3) is 1.32. The van der Waals surface area contributed by atoms with Crippen LogP contribution in [0.15, 0.2) is 18.2 Å². The van der Waals surface area contributed by atoms with E-state index >= 15 is 0 Å². The molecule has 0 amide bonds. The van der Waals surface area contributed by atoms with Crippen molar-refractivity contribution in [2.24, 2.45) is 0 Å². The number of pyridine rings is 1. The van der Waals surface area contributed by atoms with Gasteiger partial charge in [0.1, 0.15) is 5.82 Å². The third-order valence-corrected chi connectivity index (χ3v) is 2.00. The van der Waals surface area contributed by atoms with Crippen molar-refractivity contribution in [3.8, 4) is 0 Å². The summed E-state index contributed by atoms with van der Waals surface area (Å²) in [6.07, 6.45) is -0.0176. The Hall–Kier alpha value is -1.91. The first kappa shape index (κ1) is 8.68. The van der Waals surface area contributed by atoms with Crippen molar-refractivity contribution in [1.82, 2.24) is 14.6 Å². The Morgan fingerprint density at radius 2 is 2.29 bits per heavy atom. The van der Waals surface area contributed by atoms with E-state index in [1.807, 2.05) is 0 Å². The smallest absolute Gasteiger partial charge is 0.309 e. The lowest BCUT2D eigenvalue weighted by molar-refractivity contribution is -0.136. The van der Waals surface area contributed by atoms with Crippen molar-refractivity contribution in [2.45, 2.75) is 13.3 Å². The number of carboxylic acid groups (broad SMARTS) is 1. The highest BCUT2D eigenvalue weighted by Gasteiger charge is 2.08. The van der Waals surface area contributed by atoms with Crippen LogP contribution >= 0.6 is 0 Å². The van der Waals surface area contributed by atoms with Gasteiger partial charge in [-0.1, -0.05) is 6.07 Å². The summed E-state index contributed by atoms with van der Waals surface area (Å²) in [5.74, 6) is -0.151. The quantitative estimate of drug-likeness (QED) is 0.757. The number of hydrogen-bond acceptors (Lipinski definition) is 3. The van der Waals surface area contributed by atoms with E-state index in [0.717, 1.165) is 0 Å². The molecule has 0 aliphatic rings. The van der Waals surface area contributed by atoms with Gasteiger partial charge < -0.3 is 5.11 Å². The summed E-state index contributed by atoms with van der Waals surface area (Å²) in [7, 11) is 0. The van der Waals surface area contributed by atoms with Crippen LogP contribution in [0.1, 0.15) is 11.5 Å². The Morgan fingerprint density at radius 1 is 1.50 bits per heavy atom. The minimum Gasteiger partial charge on any atom is -0.481 e. The molecular formula is C9H9N3O2. The first-order chi connectivity index (χ1) is 6.68. The zero-order valence-electron chi connectivity index (χ0n) is 7.64. The predicted molar refractivity (Wildman–Crippen MR) is 49.1 cm³/mol. The van der Waals surface area contributed by atoms with E-state index in [-0.39, 0.29) is 6.42 Å². The number of carboxylic acids is 1. The van der Waals surface area contributed by atoms with Crippen molar-refractivity contribution >= 4 is 11.6 Å². The first-order valence-corrected chi connectivity index (χ1v) is 4.20. The summed E-state index contributed by atoms with van der Waals surface area (Å²) >= 11 is 0. The van der Waals surface area contributed by atoms with E-state index < -0.39 is 5.97 Å². The fourth-order valence-corrected chi connectivity index (χ4v) is 1.45. The van der Waals surface area contributed by atoms with Gasteiger partial charge in [0.2, 0.25) is 0 Å². The van der Waals surface area contributed by atoms with Gasteiger partial charge in [-0.05, 0) is 19.1 Å². The Bertz CT molecular complexity index is 490. The zero-order valence-corrected chi connectivity index (χ0v) is 7.64. The number of aryl methyl sites for hydroxylation is 1. The number of hydrogen-bond donors (Lipinski definition) is 1. The largest absolute Gasteiger partial charge is 0.481 e. The van der Waals surface area contributed by atoms with Crippen LogP contribution in [0.3, 0.4) is 0 Å². The fourth-order valence-electron chi connectivity index (χ4n) is 1.45. The first-order valence-electron chi connectivity index (χ1n) is 4.20. The normalized spacial score (nSPS) is 10.6. The molecule has 2 aromatic heterocycles. The maximum atomic E-state index is 10.6. The molecule has 5 heteroatoms. The molecule has 0 saturated carbocycles. The maximum absolute atomic E-state index is 10.6. The molecule has 2 aromatic rings. The lowest BCUT2D eigenvalue weighted by Gasteiger charge is -2.02. The molecule has 0 atom stereocenters. The molecule has 2 rings (SSSR count). The zero-order chi connectivity index (χ0) is 10.1. The number of rotatable bonds is 2. The van der Waals surface area contributed by atoms with Crippen molar-refractivity contribution < 1.29 is 9.90 Å². The molecule has 0 aliphatic carbocycles. The van der Waals surface area contributed by atoms with E-state index in [4.69, 9.17) is 5.11 Å². The summed E-state index contributed by atoms with van der Waals surface area (Å²) in [4.78, 5) is 10.6. The van der Waals surface area contributed by atoms with Crippen molar-refractivity contribution in [1.29, 1.82) is 0 Å². The summed E-state index contributed by atoms with van der Waals surface area (Å²) in [5.41, 5.74) is 1.37. The maximum Gasteiger partial charge on any atom is 0.309 e. The van der Waals surface area contributed by atoms with Gasteiger partial charge in [0, 0.05) is 5.69 Å². The number of aliphatic carboxylic acids is 1. The molecule has 0 fully saturated rings. The topological polar surface area (TPSA) is 67.5 Å². The summed E-state index contributed by atoms with van der Waals surface area (Å²) in [6.45, 7) is 1.80. The SMILES string of the molecule is Cc1nnc2cccc(CC(=O)O)n12. The van der Waals surface area contributed by atoms with Crippen LogP contribution < -0.4 is 0 Å². The fraction of sp³-hybridized carbons (Fsp3) is 0.222. The minimum absolute atomic E-state index is 0.0176. The molecule has 2 heterocycles.